The number of hydrogen-bond donors (Lipinski definition) is 4. The maximum Gasteiger partial charge on any atom is 0.323 e. The van der Waals surface area contributed by atoms with Gasteiger partial charge in [-0.15, -0.1) is 0 Å². The Balaban J connectivity index is 1.39. The van der Waals surface area contributed by atoms with Gasteiger partial charge >= 0.3 is 6.03 Å². The zero-order valence-corrected chi connectivity index (χ0v) is 18.0. The predicted molar refractivity (Wildman–Crippen MR) is 121 cm³/mol. The van der Waals surface area contributed by atoms with Crippen molar-refractivity contribution in [3.63, 3.8) is 0 Å². The van der Waals surface area contributed by atoms with Gasteiger partial charge in [-0.2, -0.15) is 0 Å². The number of hydrogen-bond acceptors (Lipinski definition) is 5. The predicted octanol–water partition coefficient (Wildman–Crippen LogP) is 2.75. The maximum absolute atomic E-state index is 12.2. The summed E-state index contributed by atoms with van der Waals surface area (Å²) in [6.45, 7) is 3.73. The maximum atomic E-state index is 12.2. The third-order valence-corrected chi connectivity index (χ3v) is 4.76. The highest BCUT2D eigenvalue weighted by Crippen LogP contribution is 2.16. The molecule has 1 aliphatic heterocycles. The number of benzene rings is 2. The Morgan fingerprint density at radius 1 is 0.938 bits per heavy atom. The van der Waals surface area contributed by atoms with Crippen molar-refractivity contribution in [2.45, 2.75) is 25.9 Å². The number of carbonyl (C=O) groups excluding carboxylic acids is 3. The minimum atomic E-state index is -0.395. The van der Waals surface area contributed by atoms with Crippen LogP contribution < -0.4 is 26.0 Å². The molecule has 4 amide bonds. The molecule has 170 valence electrons. The smallest absolute Gasteiger partial charge is 0.323 e. The molecule has 9 nitrogen and oxygen atoms in total. The second kappa shape index (κ2) is 11.7. The lowest BCUT2D eigenvalue weighted by molar-refractivity contribution is -0.129. The SMILES string of the molecule is CCOc1ccc(NC(=O)Nc2ccc(C(=O)NCCNC(=O)C3CCCO3)cc2)cc1. The Morgan fingerprint density at radius 2 is 1.56 bits per heavy atom. The van der Waals surface area contributed by atoms with E-state index in [1.54, 1.807) is 48.5 Å². The monoisotopic (exact) mass is 440 g/mol. The minimum Gasteiger partial charge on any atom is -0.494 e. The van der Waals surface area contributed by atoms with Crippen molar-refractivity contribution in [3.05, 3.63) is 54.1 Å². The van der Waals surface area contributed by atoms with Gasteiger partial charge in [0.15, 0.2) is 0 Å². The average molecular weight is 441 g/mol. The van der Waals surface area contributed by atoms with Crippen molar-refractivity contribution >= 4 is 29.2 Å². The molecule has 0 radical (unpaired) electrons. The zero-order valence-electron chi connectivity index (χ0n) is 18.0. The van der Waals surface area contributed by atoms with Gasteiger partial charge in [-0.05, 0) is 68.3 Å². The lowest BCUT2D eigenvalue weighted by Crippen LogP contribution is -2.39. The standard InChI is InChI=1S/C23H28N4O5/c1-2-31-19-11-9-18(10-12-19)27-23(30)26-17-7-5-16(6-8-17)21(28)24-13-14-25-22(29)20-4-3-15-32-20/h5-12,20H,2-4,13-15H2,1H3,(H,24,28)(H,25,29)(H2,26,27,30). The molecule has 4 N–H and O–H groups in total. The second-order valence-corrected chi connectivity index (χ2v) is 7.16. The van der Waals surface area contributed by atoms with Crippen molar-refractivity contribution in [3.8, 4) is 5.75 Å². The van der Waals surface area contributed by atoms with E-state index in [1.807, 2.05) is 6.92 Å². The molecule has 32 heavy (non-hydrogen) atoms. The second-order valence-electron chi connectivity index (χ2n) is 7.16. The number of amides is 4. The number of ether oxygens (including phenoxy) is 2. The fourth-order valence-corrected chi connectivity index (χ4v) is 3.16. The number of rotatable bonds is 9. The van der Waals surface area contributed by atoms with E-state index >= 15 is 0 Å². The molecule has 1 atom stereocenters. The summed E-state index contributed by atoms with van der Waals surface area (Å²) >= 11 is 0. The van der Waals surface area contributed by atoms with Crippen LogP contribution >= 0.6 is 0 Å². The zero-order chi connectivity index (χ0) is 22.8. The fourth-order valence-electron chi connectivity index (χ4n) is 3.16. The van der Waals surface area contributed by atoms with Gasteiger partial charge in [0.1, 0.15) is 11.9 Å². The topological polar surface area (TPSA) is 118 Å². The molecule has 2 aromatic carbocycles. The molecule has 0 spiro atoms. The molecular formula is C23H28N4O5. The molecule has 9 heteroatoms. The van der Waals surface area contributed by atoms with Gasteiger partial charge in [-0.3, -0.25) is 9.59 Å². The first kappa shape index (κ1) is 23.1. The van der Waals surface area contributed by atoms with Gasteiger partial charge in [-0.25, -0.2) is 4.79 Å². The lowest BCUT2D eigenvalue weighted by Gasteiger charge is -2.11. The van der Waals surface area contributed by atoms with Gasteiger partial charge in [0.25, 0.3) is 5.91 Å². The third-order valence-electron chi connectivity index (χ3n) is 4.76. The van der Waals surface area contributed by atoms with Crippen molar-refractivity contribution < 1.29 is 23.9 Å². The van der Waals surface area contributed by atoms with Crippen LogP contribution in [-0.2, 0) is 9.53 Å². The summed E-state index contributed by atoms with van der Waals surface area (Å²) in [6, 6.07) is 13.2. The van der Waals surface area contributed by atoms with Crippen LogP contribution in [0.15, 0.2) is 48.5 Å². The quantitative estimate of drug-likeness (QED) is 0.447. The van der Waals surface area contributed by atoms with E-state index < -0.39 is 6.03 Å². The summed E-state index contributed by atoms with van der Waals surface area (Å²) in [5, 5.41) is 10.9. The van der Waals surface area contributed by atoms with Crippen molar-refractivity contribution in [1.82, 2.24) is 10.6 Å². The van der Waals surface area contributed by atoms with E-state index in [1.165, 1.54) is 0 Å². The van der Waals surface area contributed by atoms with Gasteiger partial charge in [0, 0.05) is 36.6 Å². The molecule has 0 bridgehead atoms. The van der Waals surface area contributed by atoms with Crippen LogP contribution in [0.3, 0.4) is 0 Å². The van der Waals surface area contributed by atoms with E-state index in [4.69, 9.17) is 9.47 Å². The highest BCUT2D eigenvalue weighted by Gasteiger charge is 2.22. The average Bonchev–Trinajstić information content (AvgIpc) is 3.33. The Bertz CT molecular complexity index is 909. The summed E-state index contributed by atoms with van der Waals surface area (Å²) in [5.41, 5.74) is 1.63. The van der Waals surface area contributed by atoms with Gasteiger partial charge in [0.05, 0.1) is 6.61 Å². The van der Waals surface area contributed by atoms with Crippen molar-refractivity contribution in [2.75, 3.05) is 36.9 Å². The van der Waals surface area contributed by atoms with Crippen LogP contribution in [0.5, 0.6) is 5.75 Å². The first-order valence-electron chi connectivity index (χ1n) is 10.6. The van der Waals surface area contributed by atoms with E-state index in [-0.39, 0.29) is 17.9 Å². The number of nitrogens with one attached hydrogen (secondary N) is 4. The Labute approximate surface area is 186 Å². The van der Waals surface area contributed by atoms with Crippen LogP contribution in [0, 0.1) is 0 Å². The van der Waals surface area contributed by atoms with Crippen LogP contribution in [0.1, 0.15) is 30.1 Å². The fraction of sp³-hybridized carbons (Fsp3) is 0.348. The number of carbonyl (C=O) groups is 3. The number of anilines is 2. The Morgan fingerprint density at radius 3 is 2.16 bits per heavy atom. The molecular weight excluding hydrogens is 412 g/mol. The normalized spacial score (nSPS) is 15.0. The molecule has 1 saturated heterocycles. The lowest BCUT2D eigenvalue weighted by atomic mass is 10.2. The molecule has 1 heterocycles. The first-order chi connectivity index (χ1) is 15.5. The van der Waals surface area contributed by atoms with E-state index in [2.05, 4.69) is 21.3 Å². The van der Waals surface area contributed by atoms with Crippen LogP contribution in [0.4, 0.5) is 16.2 Å². The molecule has 0 saturated carbocycles. The van der Waals surface area contributed by atoms with Crippen LogP contribution in [0.25, 0.3) is 0 Å². The molecule has 1 aliphatic rings. The first-order valence-corrected chi connectivity index (χ1v) is 10.6. The van der Waals surface area contributed by atoms with E-state index in [0.717, 1.165) is 18.6 Å². The van der Waals surface area contributed by atoms with Crippen molar-refractivity contribution in [2.24, 2.45) is 0 Å². The molecule has 3 rings (SSSR count). The summed E-state index contributed by atoms with van der Waals surface area (Å²) in [6.07, 6.45) is 1.25. The van der Waals surface area contributed by atoms with Crippen LogP contribution in [0.2, 0.25) is 0 Å². The Kier molecular flexibility index (Phi) is 8.44. The number of urea groups is 1. The molecule has 0 aliphatic carbocycles. The van der Waals surface area contributed by atoms with E-state index in [9.17, 15) is 14.4 Å². The molecule has 1 unspecified atom stereocenters. The Hall–Kier alpha value is -3.59. The minimum absolute atomic E-state index is 0.143. The van der Waals surface area contributed by atoms with Gasteiger partial charge < -0.3 is 30.7 Å². The molecule has 0 aromatic heterocycles. The van der Waals surface area contributed by atoms with Crippen LogP contribution in [-0.4, -0.2) is 50.3 Å². The molecule has 2 aromatic rings. The van der Waals surface area contributed by atoms with Gasteiger partial charge in [-0.1, -0.05) is 0 Å². The highest BCUT2D eigenvalue weighted by molar-refractivity contribution is 6.00. The largest absolute Gasteiger partial charge is 0.494 e. The summed E-state index contributed by atoms with van der Waals surface area (Å²) in [7, 11) is 0. The van der Waals surface area contributed by atoms with Gasteiger partial charge in [0.2, 0.25) is 5.91 Å². The highest BCUT2D eigenvalue weighted by atomic mass is 16.5. The third kappa shape index (κ3) is 6.98. The van der Waals surface area contributed by atoms with Crippen molar-refractivity contribution in [1.29, 1.82) is 0 Å². The molecule has 1 fully saturated rings. The summed E-state index contributed by atoms with van der Waals surface area (Å²) < 4.78 is 10.7. The van der Waals surface area contributed by atoms with E-state index in [0.29, 0.717) is 43.2 Å². The summed E-state index contributed by atoms with van der Waals surface area (Å²) in [5.74, 6) is 0.329. The summed E-state index contributed by atoms with van der Waals surface area (Å²) in [4.78, 5) is 36.2.